The number of carbonyl (C=O) groups is 1. The molecule has 30 heavy (non-hydrogen) atoms. The summed E-state index contributed by atoms with van der Waals surface area (Å²) < 4.78 is 26.8. The van der Waals surface area contributed by atoms with E-state index >= 15 is 0 Å². The van der Waals surface area contributed by atoms with Crippen LogP contribution in [0.1, 0.15) is 29.3 Å². The standard InChI is InChI=1S/C21H20F2N6O/c1-21(22,23)9-8-18(15-4-2-10-25-12-15)29(24)17-6-7-19(27-14-17)28-20(30)16-5-3-11-26-13-16/h2-8,10-14H,9,24H2,1H3,(H,27,28,30)/b18-8-. The molecule has 0 spiro atoms. The Morgan fingerprint density at radius 2 is 1.77 bits per heavy atom. The van der Waals surface area contributed by atoms with Crippen LogP contribution >= 0.6 is 0 Å². The Balaban J connectivity index is 1.80. The van der Waals surface area contributed by atoms with Crippen molar-refractivity contribution in [2.24, 2.45) is 5.84 Å². The van der Waals surface area contributed by atoms with Gasteiger partial charge in [-0.25, -0.2) is 19.6 Å². The van der Waals surface area contributed by atoms with Gasteiger partial charge in [-0.2, -0.15) is 0 Å². The normalized spacial score (nSPS) is 11.8. The molecule has 3 aromatic heterocycles. The molecule has 3 N–H and O–H groups in total. The van der Waals surface area contributed by atoms with Gasteiger partial charge >= 0.3 is 0 Å². The van der Waals surface area contributed by atoms with E-state index in [1.807, 2.05) is 0 Å². The van der Waals surface area contributed by atoms with Gasteiger partial charge in [0.05, 0.1) is 23.1 Å². The number of pyridine rings is 3. The molecule has 1 amide bonds. The monoisotopic (exact) mass is 410 g/mol. The number of nitrogens with one attached hydrogen (secondary N) is 1. The van der Waals surface area contributed by atoms with Crippen molar-refractivity contribution in [3.8, 4) is 0 Å². The van der Waals surface area contributed by atoms with E-state index in [1.54, 1.807) is 48.8 Å². The van der Waals surface area contributed by atoms with Crippen molar-refractivity contribution in [3.05, 3.63) is 84.6 Å². The van der Waals surface area contributed by atoms with Gasteiger partial charge in [0.15, 0.2) is 0 Å². The average Bonchev–Trinajstić information content (AvgIpc) is 2.75. The van der Waals surface area contributed by atoms with Gasteiger partial charge < -0.3 is 5.32 Å². The molecule has 0 unspecified atom stereocenters. The van der Waals surface area contributed by atoms with Crippen molar-refractivity contribution < 1.29 is 13.6 Å². The lowest BCUT2D eigenvalue weighted by Gasteiger charge is -2.23. The van der Waals surface area contributed by atoms with Crippen LogP contribution in [-0.2, 0) is 0 Å². The Kier molecular flexibility index (Phi) is 6.43. The molecule has 0 saturated carbocycles. The summed E-state index contributed by atoms with van der Waals surface area (Å²) in [7, 11) is 0. The van der Waals surface area contributed by atoms with Crippen molar-refractivity contribution in [3.63, 3.8) is 0 Å². The number of allylic oxidation sites excluding steroid dienone is 1. The fourth-order valence-electron chi connectivity index (χ4n) is 2.57. The van der Waals surface area contributed by atoms with Gasteiger partial charge in [-0.15, -0.1) is 0 Å². The average molecular weight is 410 g/mol. The summed E-state index contributed by atoms with van der Waals surface area (Å²) in [6.45, 7) is 0.840. The first-order chi connectivity index (χ1) is 14.3. The van der Waals surface area contributed by atoms with E-state index in [2.05, 4.69) is 20.3 Å². The number of amides is 1. The first-order valence-corrected chi connectivity index (χ1v) is 9.04. The van der Waals surface area contributed by atoms with E-state index in [1.165, 1.54) is 29.7 Å². The zero-order chi connectivity index (χ0) is 21.6. The summed E-state index contributed by atoms with van der Waals surface area (Å²) >= 11 is 0. The highest BCUT2D eigenvalue weighted by Gasteiger charge is 2.21. The van der Waals surface area contributed by atoms with Crippen LogP contribution < -0.4 is 16.2 Å². The zero-order valence-corrected chi connectivity index (χ0v) is 16.2. The molecule has 0 aromatic carbocycles. The lowest BCUT2D eigenvalue weighted by atomic mass is 10.1. The smallest absolute Gasteiger partial charge is 0.258 e. The third-order valence-corrected chi connectivity index (χ3v) is 4.06. The summed E-state index contributed by atoms with van der Waals surface area (Å²) in [6.07, 6.45) is 8.44. The first kappa shape index (κ1) is 21.0. The van der Waals surface area contributed by atoms with Crippen LogP contribution in [0, 0.1) is 0 Å². The third kappa shape index (κ3) is 5.65. The van der Waals surface area contributed by atoms with Crippen molar-refractivity contribution in [1.82, 2.24) is 15.0 Å². The number of hydrogen-bond acceptors (Lipinski definition) is 6. The van der Waals surface area contributed by atoms with Crippen molar-refractivity contribution >= 4 is 23.1 Å². The fourth-order valence-corrected chi connectivity index (χ4v) is 2.57. The summed E-state index contributed by atoms with van der Waals surface area (Å²) in [5.41, 5.74) is 1.78. The Bertz CT molecular complexity index is 1010. The van der Waals surface area contributed by atoms with Gasteiger partial charge in [-0.05, 0) is 43.3 Å². The predicted molar refractivity (Wildman–Crippen MR) is 111 cm³/mol. The minimum atomic E-state index is -2.88. The number of nitrogens with zero attached hydrogens (tertiary/aromatic N) is 4. The van der Waals surface area contributed by atoms with Crippen LogP contribution in [-0.4, -0.2) is 26.8 Å². The summed E-state index contributed by atoms with van der Waals surface area (Å²) in [4.78, 5) is 24.3. The molecule has 3 aromatic rings. The van der Waals surface area contributed by atoms with Crippen molar-refractivity contribution in [1.29, 1.82) is 0 Å². The van der Waals surface area contributed by atoms with Crippen LogP contribution in [0.5, 0.6) is 0 Å². The van der Waals surface area contributed by atoms with Gasteiger partial charge in [0, 0.05) is 36.8 Å². The van der Waals surface area contributed by atoms with Crippen LogP contribution in [0.3, 0.4) is 0 Å². The predicted octanol–water partition coefficient (Wildman–Crippen LogP) is 3.89. The van der Waals surface area contributed by atoms with Gasteiger partial charge in [0.1, 0.15) is 5.82 Å². The SMILES string of the molecule is CC(F)(F)C/C=C(/c1cccnc1)N(N)c1ccc(NC(=O)c2cccnc2)nc1. The molecule has 0 saturated heterocycles. The maximum absolute atomic E-state index is 13.4. The number of hydrazine groups is 1. The molecular weight excluding hydrogens is 390 g/mol. The number of aromatic nitrogens is 3. The van der Waals surface area contributed by atoms with E-state index < -0.39 is 12.3 Å². The van der Waals surface area contributed by atoms with Gasteiger partial charge in [0.25, 0.3) is 5.91 Å². The van der Waals surface area contributed by atoms with Crippen LogP contribution in [0.4, 0.5) is 20.3 Å². The highest BCUT2D eigenvalue weighted by molar-refractivity contribution is 6.03. The summed E-state index contributed by atoms with van der Waals surface area (Å²) in [5, 5.41) is 3.91. The molecule has 9 heteroatoms. The molecule has 0 fully saturated rings. The number of carbonyl (C=O) groups excluding carboxylic acids is 1. The van der Waals surface area contributed by atoms with E-state index in [4.69, 9.17) is 5.84 Å². The maximum atomic E-state index is 13.4. The van der Waals surface area contributed by atoms with E-state index in [0.717, 1.165) is 6.92 Å². The number of rotatable bonds is 7. The molecule has 154 valence electrons. The second-order valence-electron chi connectivity index (χ2n) is 6.57. The quantitative estimate of drug-likeness (QED) is 0.453. The first-order valence-electron chi connectivity index (χ1n) is 9.04. The second kappa shape index (κ2) is 9.19. The Labute approximate surface area is 172 Å². The van der Waals surface area contributed by atoms with Crippen LogP contribution in [0.2, 0.25) is 0 Å². The number of halogens is 2. The summed E-state index contributed by atoms with van der Waals surface area (Å²) in [5.74, 6) is 3.28. The van der Waals surface area contributed by atoms with Gasteiger partial charge in [-0.1, -0.05) is 6.08 Å². The van der Waals surface area contributed by atoms with Crippen molar-refractivity contribution in [2.45, 2.75) is 19.3 Å². The Morgan fingerprint density at radius 3 is 2.30 bits per heavy atom. The molecule has 0 atom stereocenters. The minimum Gasteiger partial charge on any atom is -0.307 e. The molecule has 0 radical (unpaired) electrons. The van der Waals surface area contributed by atoms with Gasteiger partial charge in [-0.3, -0.25) is 19.8 Å². The second-order valence-corrected chi connectivity index (χ2v) is 6.57. The topological polar surface area (TPSA) is 97.0 Å². The Morgan fingerprint density at radius 1 is 1.10 bits per heavy atom. The van der Waals surface area contributed by atoms with E-state index in [-0.39, 0.29) is 5.91 Å². The molecule has 3 rings (SSSR count). The lowest BCUT2D eigenvalue weighted by Crippen LogP contribution is -2.29. The van der Waals surface area contributed by atoms with Crippen LogP contribution in [0.15, 0.2) is 73.5 Å². The number of hydrogen-bond donors (Lipinski definition) is 2. The van der Waals surface area contributed by atoms with E-state index in [0.29, 0.717) is 28.3 Å². The van der Waals surface area contributed by atoms with Crippen molar-refractivity contribution in [2.75, 3.05) is 10.3 Å². The summed E-state index contributed by atoms with van der Waals surface area (Å²) in [6, 6.07) is 9.90. The van der Waals surface area contributed by atoms with Crippen LogP contribution in [0.25, 0.3) is 5.70 Å². The van der Waals surface area contributed by atoms with Gasteiger partial charge in [0.2, 0.25) is 5.92 Å². The zero-order valence-electron chi connectivity index (χ0n) is 16.2. The maximum Gasteiger partial charge on any atom is 0.258 e. The molecule has 7 nitrogen and oxygen atoms in total. The number of alkyl halides is 2. The largest absolute Gasteiger partial charge is 0.307 e. The highest BCUT2D eigenvalue weighted by Crippen LogP contribution is 2.26. The third-order valence-electron chi connectivity index (χ3n) is 4.06. The molecule has 0 aliphatic carbocycles. The number of nitrogens with two attached hydrogens (primary N) is 1. The lowest BCUT2D eigenvalue weighted by molar-refractivity contribution is 0.0256. The number of anilines is 2. The fraction of sp³-hybridized carbons (Fsp3) is 0.143. The molecule has 0 aliphatic heterocycles. The molecule has 0 bridgehead atoms. The Hall–Kier alpha value is -3.72. The highest BCUT2D eigenvalue weighted by atomic mass is 19.3. The minimum absolute atomic E-state index is 0.313. The molecule has 3 heterocycles. The van der Waals surface area contributed by atoms with E-state index in [9.17, 15) is 13.6 Å². The molecule has 0 aliphatic rings. The molecular formula is C21H20F2N6O.